The number of phenolic OH excluding ortho intramolecular Hbond substituents is 1. The highest BCUT2D eigenvalue weighted by atomic mass is 16.5. The fraction of sp³-hybridized carbons (Fsp3) is 0.167. The standard InChI is InChI=1S/C24H20NO5/c26-16-11-9-15(10-12-16)13-22(23(27)28)25-24(29)30-14-21-19-7-3-1-5-17(19)18-6-2-4-8-20(18)21/h1-12,21-22,26H,13-14H2,(H,25,29)/t22-/m0/s1. The van der Waals surface area contributed by atoms with Crippen LogP contribution in [0.25, 0.3) is 11.1 Å². The van der Waals surface area contributed by atoms with Crippen LogP contribution in [0.3, 0.4) is 0 Å². The van der Waals surface area contributed by atoms with Gasteiger partial charge < -0.3 is 15.2 Å². The number of benzene rings is 3. The summed E-state index contributed by atoms with van der Waals surface area (Å²) in [6.07, 6.45) is -0.794. The normalized spacial score (nSPS) is 13.2. The molecule has 3 aromatic rings. The van der Waals surface area contributed by atoms with E-state index in [1.807, 2.05) is 48.5 Å². The van der Waals surface area contributed by atoms with Crippen molar-refractivity contribution in [2.75, 3.05) is 6.61 Å². The number of hydrogen-bond donors (Lipinski definition) is 2. The number of alkyl carbamates (subject to hydrolysis) is 1. The lowest BCUT2D eigenvalue weighted by Gasteiger charge is -2.17. The summed E-state index contributed by atoms with van der Waals surface area (Å²) < 4.78 is 5.40. The SMILES string of the molecule is [O]C(=O)[C@H](Cc1ccc(O)cc1)NC(=O)OCC1c2ccccc2-c2ccccc21. The summed E-state index contributed by atoms with van der Waals surface area (Å²) in [6.45, 7) is 0.0961. The highest BCUT2D eigenvalue weighted by molar-refractivity contribution is 5.81. The minimum atomic E-state index is -1.41. The molecule has 0 spiro atoms. The van der Waals surface area contributed by atoms with Crippen molar-refractivity contribution in [3.05, 3.63) is 89.5 Å². The number of fused-ring (bicyclic) bond motifs is 3. The third-order valence-corrected chi connectivity index (χ3v) is 5.30. The molecule has 4 rings (SSSR count). The van der Waals surface area contributed by atoms with E-state index in [1.165, 1.54) is 12.1 Å². The van der Waals surface area contributed by atoms with Crippen molar-refractivity contribution >= 4 is 12.1 Å². The van der Waals surface area contributed by atoms with E-state index in [0.29, 0.717) is 5.56 Å². The van der Waals surface area contributed by atoms with E-state index < -0.39 is 18.1 Å². The molecule has 2 N–H and O–H groups in total. The van der Waals surface area contributed by atoms with Gasteiger partial charge in [0.05, 0.1) is 0 Å². The van der Waals surface area contributed by atoms with Crippen LogP contribution in [0.15, 0.2) is 72.8 Å². The number of phenols is 1. The van der Waals surface area contributed by atoms with E-state index in [4.69, 9.17) is 4.74 Å². The number of amides is 1. The maximum Gasteiger partial charge on any atom is 0.407 e. The lowest BCUT2D eigenvalue weighted by Crippen LogP contribution is -2.42. The second kappa shape index (κ2) is 8.29. The summed E-state index contributed by atoms with van der Waals surface area (Å²) in [7, 11) is 0. The van der Waals surface area contributed by atoms with E-state index in [9.17, 15) is 19.8 Å². The summed E-state index contributed by atoms with van der Waals surface area (Å²) in [5, 5.41) is 23.2. The highest BCUT2D eigenvalue weighted by Gasteiger charge is 2.30. The van der Waals surface area contributed by atoms with Gasteiger partial charge in [-0.25, -0.2) is 14.7 Å². The van der Waals surface area contributed by atoms with Crippen molar-refractivity contribution in [1.29, 1.82) is 0 Å². The van der Waals surface area contributed by atoms with E-state index in [0.717, 1.165) is 22.3 Å². The first-order valence-electron chi connectivity index (χ1n) is 9.63. The van der Waals surface area contributed by atoms with Crippen molar-refractivity contribution in [3.8, 4) is 16.9 Å². The van der Waals surface area contributed by atoms with Crippen LogP contribution in [0.5, 0.6) is 5.75 Å². The average molecular weight is 402 g/mol. The zero-order chi connectivity index (χ0) is 21.1. The van der Waals surface area contributed by atoms with Crippen molar-refractivity contribution < 1.29 is 24.5 Å². The lowest BCUT2D eigenvalue weighted by molar-refractivity contribution is -0.145. The molecule has 6 heteroatoms. The molecule has 6 nitrogen and oxygen atoms in total. The van der Waals surface area contributed by atoms with Gasteiger partial charge in [-0.05, 0) is 39.9 Å². The minimum Gasteiger partial charge on any atom is -0.508 e. The molecule has 1 atom stereocenters. The Morgan fingerprint density at radius 1 is 0.900 bits per heavy atom. The number of carbonyl (C=O) groups is 2. The van der Waals surface area contributed by atoms with Crippen molar-refractivity contribution in [1.82, 2.24) is 5.32 Å². The maximum atomic E-state index is 12.3. The first kappa shape index (κ1) is 19.5. The summed E-state index contributed by atoms with van der Waals surface area (Å²) in [5.74, 6) is -1.44. The van der Waals surface area contributed by atoms with Gasteiger partial charge in [-0.15, -0.1) is 0 Å². The Labute approximate surface area is 173 Å². The molecule has 3 aromatic carbocycles. The molecule has 1 radical (unpaired) electrons. The summed E-state index contributed by atoms with van der Waals surface area (Å²) in [4.78, 5) is 23.8. The Morgan fingerprint density at radius 2 is 1.47 bits per heavy atom. The third-order valence-electron chi connectivity index (χ3n) is 5.30. The van der Waals surface area contributed by atoms with E-state index >= 15 is 0 Å². The molecular formula is C24H20NO5. The summed E-state index contributed by atoms with van der Waals surface area (Å²) >= 11 is 0. The number of rotatable bonds is 6. The van der Waals surface area contributed by atoms with Crippen molar-refractivity contribution in [3.63, 3.8) is 0 Å². The van der Waals surface area contributed by atoms with Gasteiger partial charge in [0.15, 0.2) is 0 Å². The predicted molar refractivity (Wildman–Crippen MR) is 109 cm³/mol. The molecule has 1 amide bonds. The monoisotopic (exact) mass is 402 g/mol. The topological polar surface area (TPSA) is 95.5 Å². The first-order valence-corrected chi connectivity index (χ1v) is 9.63. The van der Waals surface area contributed by atoms with Gasteiger partial charge in [0.25, 0.3) is 0 Å². The molecule has 1 aliphatic rings. The maximum absolute atomic E-state index is 12.3. The molecule has 0 unspecified atom stereocenters. The number of nitrogens with one attached hydrogen (secondary N) is 1. The van der Waals surface area contributed by atoms with Crippen molar-refractivity contribution in [2.45, 2.75) is 18.4 Å². The molecule has 0 fully saturated rings. The Hall–Kier alpha value is -3.80. The van der Waals surface area contributed by atoms with Crippen LogP contribution < -0.4 is 5.32 Å². The van der Waals surface area contributed by atoms with E-state index in [1.54, 1.807) is 12.1 Å². The lowest BCUT2D eigenvalue weighted by atomic mass is 9.98. The van der Waals surface area contributed by atoms with Gasteiger partial charge >= 0.3 is 12.1 Å². The number of carbonyl (C=O) groups excluding carboxylic acids is 2. The van der Waals surface area contributed by atoms with Gasteiger partial charge in [-0.1, -0.05) is 60.7 Å². The molecule has 0 aliphatic heterocycles. The molecule has 0 heterocycles. The molecule has 151 valence electrons. The third kappa shape index (κ3) is 3.98. The second-order valence-corrected chi connectivity index (χ2v) is 7.21. The van der Waals surface area contributed by atoms with Crippen LogP contribution in [-0.4, -0.2) is 29.8 Å². The molecule has 0 aromatic heterocycles. The average Bonchev–Trinajstić information content (AvgIpc) is 3.07. The van der Waals surface area contributed by atoms with E-state index in [-0.39, 0.29) is 24.7 Å². The number of ether oxygens (including phenoxy) is 1. The van der Waals surface area contributed by atoms with Crippen LogP contribution in [-0.2, 0) is 21.1 Å². The van der Waals surface area contributed by atoms with Crippen LogP contribution in [0.2, 0.25) is 0 Å². The zero-order valence-corrected chi connectivity index (χ0v) is 16.1. The van der Waals surface area contributed by atoms with Gasteiger partial charge in [0.2, 0.25) is 0 Å². The summed E-state index contributed by atoms with van der Waals surface area (Å²) in [5.41, 5.74) is 5.02. The van der Waals surface area contributed by atoms with Crippen molar-refractivity contribution in [2.24, 2.45) is 0 Å². The molecule has 1 aliphatic carbocycles. The minimum absolute atomic E-state index is 0.0206. The molecular weight excluding hydrogens is 382 g/mol. The number of hydrogen-bond acceptors (Lipinski definition) is 4. The fourth-order valence-electron chi connectivity index (χ4n) is 3.84. The Bertz CT molecular complexity index is 1030. The highest BCUT2D eigenvalue weighted by Crippen LogP contribution is 2.44. The fourth-order valence-corrected chi connectivity index (χ4v) is 3.84. The first-order chi connectivity index (χ1) is 14.5. The Kier molecular flexibility index (Phi) is 5.39. The van der Waals surface area contributed by atoms with Crippen LogP contribution in [0.1, 0.15) is 22.6 Å². The zero-order valence-electron chi connectivity index (χ0n) is 16.1. The molecule has 0 saturated heterocycles. The van der Waals surface area contributed by atoms with E-state index in [2.05, 4.69) is 5.32 Å². The van der Waals surface area contributed by atoms with Crippen LogP contribution in [0, 0.1) is 0 Å². The molecule has 0 bridgehead atoms. The van der Waals surface area contributed by atoms with Gasteiger partial charge in [0.1, 0.15) is 18.4 Å². The summed E-state index contributed by atoms with van der Waals surface area (Å²) in [6, 6.07) is 20.8. The predicted octanol–water partition coefficient (Wildman–Crippen LogP) is 3.80. The van der Waals surface area contributed by atoms with Crippen LogP contribution >= 0.6 is 0 Å². The largest absolute Gasteiger partial charge is 0.508 e. The number of aromatic hydroxyl groups is 1. The Morgan fingerprint density at radius 3 is 2.03 bits per heavy atom. The smallest absolute Gasteiger partial charge is 0.407 e. The van der Waals surface area contributed by atoms with Gasteiger partial charge in [-0.3, -0.25) is 0 Å². The molecule has 30 heavy (non-hydrogen) atoms. The second-order valence-electron chi connectivity index (χ2n) is 7.21. The van der Waals surface area contributed by atoms with Crippen LogP contribution in [0.4, 0.5) is 4.79 Å². The molecule has 0 saturated carbocycles. The van der Waals surface area contributed by atoms with Gasteiger partial charge in [0, 0.05) is 12.3 Å². The van der Waals surface area contributed by atoms with Gasteiger partial charge in [-0.2, -0.15) is 0 Å². The Balaban J connectivity index is 1.43. The quantitative estimate of drug-likeness (QED) is 0.656.